The quantitative estimate of drug-likeness (QED) is 0.911. The van der Waals surface area contributed by atoms with Crippen molar-refractivity contribution in [2.75, 3.05) is 6.54 Å². The number of nitrogens with one attached hydrogen (secondary N) is 1. The number of hydrogen-bond acceptors (Lipinski definition) is 5. The van der Waals surface area contributed by atoms with E-state index in [9.17, 15) is 4.39 Å². The van der Waals surface area contributed by atoms with Crippen molar-refractivity contribution >= 4 is 23.1 Å². The summed E-state index contributed by atoms with van der Waals surface area (Å²) < 4.78 is 14.2. The third-order valence-electron chi connectivity index (χ3n) is 2.49. The van der Waals surface area contributed by atoms with Crippen molar-refractivity contribution in [3.05, 3.63) is 35.1 Å². The third kappa shape index (κ3) is 3.28. The van der Waals surface area contributed by atoms with E-state index in [0.29, 0.717) is 0 Å². The molecule has 2 rings (SSSR count). The maximum Gasteiger partial charge on any atom is 0.178 e. The van der Waals surface area contributed by atoms with Crippen LogP contribution < -0.4 is 5.32 Å². The number of rotatable bonds is 5. The number of benzene rings is 1. The largest absolute Gasteiger partial charge is 0.310 e. The molecule has 0 aliphatic rings. The molecule has 1 atom stereocenters. The van der Waals surface area contributed by atoms with E-state index in [1.54, 1.807) is 17.6 Å². The van der Waals surface area contributed by atoms with E-state index in [1.165, 1.54) is 29.2 Å². The van der Waals surface area contributed by atoms with Crippen molar-refractivity contribution in [1.82, 2.24) is 15.5 Å². The van der Waals surface area contributed by atoms with Gasteiger partial charge in [-0.25, -0.2) is 4.39 Å². The van der Waals surface area contributed by atoms with Crippen LogP contribution >= 0.6 is 23.1 Å². The van der Waals surface area contributed by atoms with Gasteiger partial charge in [0.1, 0.15) is 11.3 Å². The summed E-state index contributed by atoms with van der Waals surface area (Å²) in [6.07, 6.45) is 0. The van der Waals surface area contributed by atoms with Gasteiger partial charge in [0.2, 0.25) is 0 Å². The first-order valence-corrected chi connectivity index (χ1v) is 7.37. The number of hydrogen-bond donors (Lipinski definition) is 1. The van der Waals surface area contributed by atoms with Crippen molar-refractivity contribution in [3.8, 4) is 0 Å². The zero-order chi connectivity index (χ0) is 13.0. The van der Waals surface area contributed by atoms with E-state index in [2.05, 4.69) is 15.5 Å². The molecule has 0 saturated carbocycles. The first-order chi connectivity index (χ1) is 8.70. The van der Waals surface area contributed by atoms with Crippen molar-refractivity contribution in [2.24, 2.45) is 0 Å². The molecule has 0 amide bonds. The maximum atomic E-state index is 13.4. The molecule has 2 aromatic rings. The summed E-state index contributed by atoms with van der Waals surface area (Å²) in [6, 6.07) is 4.97. The highest BCUT2D eigenvalue weighted by Crippen LogP contribution is 2.34. The van der Waals surface area contributed by atoms with Crippen LogP contribution in [0.4, 0.5) is 4.39 Å². The van der Waals surface area contributed by atoms with Crippen LogP contribution in [-0.2, 0) is 0 Å². The molecule has 0 saturated heterocycles. The molecule has 1 N–H and O–H groups in total. The molecule has 0 spiro atoms. The summed E-state index contributed by atoms with van der Waals surface area (Å²) in [6.45, 7) is 4.91. The molecule has 1 aromatic heterocycles. The highest BCUT2D eigenvalue weighted by Gasteiger charge is 2.13. The zero-order valence-corrected chi connectivity index (χ0v) is 11.8. The summed E-state index contributed by atoms with van der Waals surface area (Å²) in [5.74, 6) is -0.212. The molecule has 96 valence electrons. The molecular formula is C12H14FN3S2. The fraction of sp³-hybridized carbons (Fsp3) is 0.333. The topological polar surface area (TPSA) is 37.8 Å². The van der Waals surface area contributed by atoms with Crippen LogP contribution in [0.3, 0.4) is 0 Å². The monoisotopic (exact) mass is 283 g/mol. The Morgan fingerprint density at radius 2 is 2.33 bits per heavy atom. The molecule has 6 heteroatoms. The SMILES string of the molecule is CCNC(C)c1cc(F)ccc1Sc1nncs1. The van der Waals surface area contributed by atoms with Crippen molar-refractivity contribution in [3.63, 3.8) is 0 Å². The summed E-state index contributed by atoms with van der Waals surface area (Å²) in [7, 11) is 0. The molecule has 3 nitrogen and oxygen atoms in total. The smallest absolute Gasteiger partial charge is 0.178 e. The van der Waals surface area contributed by atoms with Crippen LogP contribution in [0.15, 0.2) is 32.9 Å². The second-order valence-electron chi connectivity index (χ2n) is 3.77. The summed E-state index contributed by atoms with van der Waals surface area (Å²) in [5, 5.41) is 11.1. The summed E-state index contributed by atoms with van der Waals surface area (Å²) >= 11 is 3.00. The van der Waals surface area contributed by atoms with Gasteiger partial charge in [0.25, 0.3) is 0 Å². The van der Waals surface area contributed by atoms with E-state index in [-0.39, 0.29) is 11.9 Å². The van der Waals surface area contributed by atoms with Gasteiger partial charge in [-0.1, -0.05) is 30.0 Å². The fourth-order valence-corrected chi connectivity index (χ4v) is 3.30. The van der Waals surface area contributed by atoms with E-state index in [1.807, 2.05) is 13.8 Å². The Bertz CT molecular complexity index is 502. The lowest BCUT2D eigenvalue weighted by Crippen LogP contribution is -2.18. The normalized spacial score (nSPS) is 12.6. The van der Waals surface area contributed by atoms with Gasteiger partial charge in [-0.05, 0) is 37.2 Å². The van der Waals surface area contributed by atoms with Gasteiger partial charge in [0.15, 0.2) is 4.34 Å². The minimum absolute atomic E-state index is 0.112. The lowest BCUT2D eigenvalue weighted by atomic mass is 10.1. The predicted octanol–water partition coefficient (Wildman–Crippen LogP) is 3.50. The Hall–Kier alpha value is -0.980. The Kier molecular flexibility index (Phi) is 4.68. The van der Waals surface area contributed by atoms with Gasteiger partial charge in [-0.2, -0.15) is 0 Å². The van der Waals surface area contributed by atoms with Crippen molar-refractivity contribution in [2.45, 2.75) is 29.1 Å². The molecule has 1 aromatic carbocycles. The summed E-state index contributed by atoms with van der Waals surface area (Å²) in [4.78, 5) is 1.02. The number of halogens is 1. The van der Waals surface area contributed by atoms with Crippen molar-refractivity contribution < 1.29 is 4.39 Å². The second-order valence-corrected chi connectivity index (χ2v) is 5.89. The van der Waals surface area contributed by atoms with E-state index in [0.717, 1.165) is 21.3 Å². The van der Waals surface area contributed by atoms with E-state index in [4.69, 9.17) is 0 Å². The Morgan fingerprint density at radius 3 is 3.00 bits per heavy atom. The van der Waals surface area contributed by atoms with Gasteiger partial charge in [0.05, 0.1) is 0 Å². The minimum atomic E-state index is -0.212. The maximum absolute atomic E-state index is 13.4. The zero-order valence-electron chi connectivity index (χ0n) is 10.2. The molecule has 1 unspecified atom stereocenters. The van der Waals surface area contributed by atoms with Crippen LogP contribution in [-0.4, -0.2) is 16.7 Å². The fourth-order valence-electron chi connectivity index (χ4n) is 1.67. The van der Waals surface area contributed by atoms with Crippen LogP contribution in [0, 0.1) is 5.82 Å². The first kappa shape index (κ1) is 13.5. The summed E-state index contributed by atoms with van der Waals surface area (Å²) in [5.41, 5.74) is 2.65. The number of aromatic nitrogens is 2. The van der Waals surface area contributed by atoms with E-state index < -0.39 is 0 Å². The van der Waals surface area contributed by atoms with Crippen LogP contribution in [0.2, 0.25) is 0 Å². The molecule has 0 aliphatic carbocycles. The molecule has 1 heterocycles. The molecule has 0 radical (unpaired) electrons. The molecular weight excluding hydrogens is 269 g/mol. The minimum Gasteiger partial charge on any atom is -0.310 e. The van der Waals surface area contributed by atoms with Gasteiger partial charge in [-0.15, -0.1) is 10.2 Å². The molecule has 0 bridgehead atoms. The van der Waals surface area contributed by atoms with Crippen LogP contribution in [0.1, 0.15) is 25.5 Å². The molecule has 0 fully saturated rings. The highest BCUT2D eigenvalue weighted by molar-refractivity contribution is 8.01. The van der Waals surface area contributed by atoms with Crippen molar-refractivity contribution in [1.29, 1.82) is 0 Å². The Morgan fingerprint density at radius 1 is 1.50 bits per heavy atom. The van der Waals surface area contributed by atoms with Crippen LogP contribution in [0.5, 0.6) is 0 Å². The third-order valence-corrected chi connectivity index (χ3v) is 4.36. The average molecular weight is 283 g/mol. The second kappa shape index (κ2) is 6.26. The lowest BCUT2D eigenvalue weighted by molar-refractivity contribution is 0.574. The first-order valence-electron chi connectivity index (χ1n) is 5.67. The number of nitrogens with zero attached hydrogens (tertiary/aromatic N) is 2. The standard InChI is InChI=1S/C12H14FN3S2/c1-3-14-8(2)10-6-9(13)4-5-11(10)18-12-16-15-7-17-12/h4-8,14H,3H2,1-2H3. The van der Waals surface area contributed by atoms with Gasteiger partial charge in [0, 0.05) is 10.9 Å². The predicted molar refractivity (Wildman–Crippen MR) is 72.5 cm³/mol. The Labute approximate surface area is 114 Å². The molecule has 18 heavy (non-hydrogen) atoms. The lowest BCUT2D eigenvalue weighted by Gasteiger charge is -2.16. The van der Waals surface area contributed by atoms with Crippen LogP contribution in [0.25, 0.3) is 0 Å². The highest BCUT2D eigenvalue weighted by atomic mass is 32.2. The van der Waals surface area contributed by atoms with E-state index >= 15 is 0 Å². The van der Waals surface area contributed by atoms with Gasteiger partial charge in [-0.3, -0.25) is 0 Å². The van der Waals surface area contributed by atoms with Gasteiger partial charge >= 0.3 is 0 Å². The van der Waals surface area contributed by atoms with Gasteiger partial charge < -0.3 is 5.32 Å². The average Bonchev–Trinajstić information content (AvgIpc) is 2.84. The molecule has 0 aliphatic heterocycles. The Balaban J connectivity index is 2.28.